The minimum atomic E-state index is -0.536. The number of carbonyl (C=O) groups is 1. The third-order valence-corrected chi connectivity index (χ3v) is 8.65. The van der Waals surface area contributed by atoms with Crippen LogP contribution in [0.1, 0.15) is 65.7 Å². The summed E-state index contributed by atoms with van der Waals surface area (Å²) in [5.41, 5.74) is 2.16. The van der Waals surface area contributed by atoms with Crippen LogP contribution in [0.25, 0.3) is 0 Å². The van der Waals surface area contributed by atoms with Gasteiger partial charge in [-0.05, 0) is 74.5 Å². The van der Waals surface area contributed by atoms with Crippen molar-refractivity contribution < 1.29 is 9.90 Å². The van der Waals surface area contributed by atoms with E-state index in [1.54, 1.807) is 0 Å². The SMILES string of the molecule is CC[C@]1(O)CC[C@H]2[C@@H]3CCC4=CC(=O)C(C#CCl)C[C@]4(C)C3=CC[C@@]21C. The summed E-state index contributed by atoms with van der Waals surface area (Å²) in [5.74, 6) is 3.81. The summed E-state index contributed by atoms with van der Waals surface area (Å²) in [6, 6.07) is 0. The van der Waals surface area contributed by atoms with Crippen molar-refractivity contribution in [2.75, 3.05) is 0 Å². The van der Waals surface area contributed by atoms with Gasteiger partial charge in [0.1, 0.15) is 0 Å². The van der Waals surface area contributed by atoms with Crippen LogP contribution in [0.15, 0.2) is 23.3 Å². The van der Waals surface area contributed by atoms with Crippen molar-refractivity contribution in [2.24, 2.45) is 28.6 Å². The van der Waals surface area contributed by atoms with Gasteiger partial charge in [0, 0.05) is 16.2 Å². The van der Waals surface area contributed by atoms with Crippen molar-refractivity contribution >= 4 is 17.4 Å². The van der Waals surface area contributed by atoms with Gasteiger partial charge in [-0.1, -0.05) is 43.9 Å². The molecule has 0 spiro atoms. The Morgan fingerprint density at radius 1 is 1.35 bits per heavy atom. The monoisotopic (exact) mass is 372 g/mol. The first kappa shape index (κ1) is 18.3. The van der Waals surface area contributed by atoms with E-state index in [-0.39, 0.29) is 22.5 Å². The lowest BCUT2D eigenvalue weighted by atomic mass is 9.50. The van der Waals surface area contributed by atoms with Crippen LogP contribution < -0.4 is 0 Å². The first-order valence-corrected chi connectivity index (χ1v) is 10.5. The molecule has 0 radical (unpaired) electrons. The van der Waals surface area contributed by atoms with Crippen LogP contribution in [-0.2, 0) is 4.79 Å². The number of fused-ring (bicyclic) bond motifs is 5. The van der Waals surface area contributed by atoms with Crippen LogP contribution >= 0.6 is 11.6 Å². The fourth-order valence-electron chi connectivity index (χ4n) is 6.81. The van der Waals surface area contributed by atoms with Crippen LogP contribution in [-0.4, -0.2) is 16.5 Å². The second kappa shape index (κ2) is 5.98. The van der Waals surface area contributed by atoms with E-state index < -0.39 is 5.60 Å². The molecule has 0 aromatic rings. The Labute approximate surface area is 162 Å². The number of rotatable bonds is 1. The Balaban J connectivity index is 1.76. The average molecular weight is 373 g/mol. The van der Waals surface area contributed by atoms with E-state index >= 15 is 0 Å². The number of hydrogen-bond donors (Lipinski definition) is 1. The van der Waals surface area contributed by atoms with Gasteiger partial charge in [-0.15, -0.1) is 0 Å². The molecule has 26 heavy (non-hydrogen) atoms. The van der Waals surface area contributed by atoms with Crippen molar-refractivity contribution in [2.45, 2.75) is 71.3 Å². The lowest BCUT2D eigenvalue weighted by molar-refractivity contribution is -0.118. The molecule has 1 unspecified atom stereocenters. The molecular weight excluding hydrogens is 344 g/mol. The van der Waals surface area contributed by atoms with Crippen molar-refractivity contribution in [3.05, 3.63) is 23.3 Å². The zero-order valence-corrected chi connectivity index (χ0v) is 16.8. The fourth-order valence-corrected chi connectivity index (χ4v) is 6.95. The van der Waals surface area contributed by atoms with Gasteiger partial charge < -0.3 is 5.11 Å². The molecule has 0 saturated heterocycles. The van der Waals surface area contributed by atoms with Crippen LogP contribution in [0.5, 0.6) is 0 Å². The molecule has 2 nitrogen and oxygen atoms in total. The summed E-state index contributed by atoms with van der Waals surface area (Å²) in [6.45, 7) is 6.73. The van der Waals surface area contributed by atoms with Gasteiger partial charge in [0.15, 0.2) is 5.78 Å². The van der Waals surface area contributed by atoms with Crippen LogP contribution in [0.3, 0.4) is 0 Å². The molecule has 0 aliphatic heterocycles. The van der Waals surface area contributed by atoms with E-state index in [9.17, 15) is 9.90 Å². The molecule has 4 aliphatic carbocycles. The van der Waals surface area contributed by atoms with E-state index in [2.05, 4.69) is 38.1 Å². The van der Waals surface area contributed by atoms with Crippen molar-refractivity contribution in [3.8, 4) is 11.3 Å². The maximum atomic E-state index is 12.4. The smallest absolute Gasteiger partial charge is 0.170 e. The number of halogens is 1. The summed E-state index contributed by atoms with van der Waals surface area (Å²) >= 11 is 5.62. The second-order valence-electron chi connectivity index (χ2n) is 9.36. The van der Waals surface area contributed by atoms with E-state index in [0.29, 0.717) is 11.8 Å². The molecule has 1 N–H and O–H groups in total. The highest BCUT2D eigenvalue weighted by molar-refractivity contribution is 6.30. The Bertz CT molecular complexity index is 769. The van der Waals surface area contributed by atoms with Gasteiger partial charge in [0.2, 0.25) is 0 Å². The first-order valence-electron chi connectivity index (χ1n) is 10.1. The molecule has 4 rings (SSSR count). The largest absolute Gasteiger partial charge is 0.389 e. The molecule has 140 valence electrons. The van der Waals surface area contributed by atoms with Gasteiger partial charge >= 0.3 is 0 Å². The third-order valence-electron chi connectivity index (χ3n) is 8.54. The first-order chi connectivity index (χ1) is 12.3. The van der Waals surface area contributed by atoms with Gasteiger partial charge in [-0.3, -0.25) is 4.79 Å². The fraction of sp³-hybridized carbons (Fsp3) is 0.696. The molecule has 0 aromatic heterocycles. The number of aliphatic hydroxyl groups is 1. The Morgan fingerprint density at radius 3 is 2.81 bits per heavy atom. The van der Waals surface area contributed by atoms with E-state index in [1.165, 1.54) is 11.1 Å². The highest BCUT2D eigenvalue weighted by atomic mass is 35.5. The molecule has 6 atom stereocenters. The predicted molar refractivity (Wildman–Crippen MR) is 104 cm³/mol. The minimum absolute atomic E-state index is 0.0205. The molecule has 2 saturated carbocycles. The van der Waals surface area contributed by atoms with Gasteiger partial charge in [-0.25, -0.2) is 0 Å². The molecule has 0 aromatic carbocycles. The van der Waals surface area contributed by atoms with Gasteiger partial charge in [-0.2, -0.15) is 0 Å². The zero-order chi connectivity index (χ0) is 18.7. The van der Waals surface area contributed by atoms with Gasteiger partial charge in [0.05, 0.1) is 11.5 Å². The summed E-state index contributed by atoms with van der Waals surface area (Å²) in [7, 11) is 0. The lowest BCUT2D eigenvalue weighted by Crippen LogP contribution is -2.51. The zero-order valence-electron chi connectivity index (χ0n) is 16.1. The maximum absolute atomic E-state index is 12.4. The van der Waals surface area contributed by atoms with Crippen molar-refractivity contribution in [3.63, 3.8) is 0 Å². The maximum Gasteiger partial charge on any atom is 0.170 e. The Hall–Kier alpha value is -1.04. The molecular formula is C23H29ClO2. The number of ketones is 1. The summed E-state index contributed by atoms with van der Waals surface area (Å²) < 4.78 is 0. The summed E-state index contributed by atoms with van der Waals surface area (Å²) in [5, 5.41) is 13.7. The van der Waals surface area contributed by atoms with Crippen LogP contribution in [0, 0.1) is 39.9 Å². The van der Waals surface area contributed by atoms with Crippen molar-refractivity contribution in [1.82, 2.24) is 0 Å². The quantitative estimate of drug-likeness (QED) is 0.519. The third kappa shape index (κ3) is 2.26. The Kier molecular flexibility index (Phi) is 4.22. The molecule has 4 aliphatic rings. The highest BCUT2D eigenvalue weighted by Gasteiger charge is 2.61. The number of allylic oxidation sites excluding steroid dienone is 4. The van der Waals surface area contributed by atoms with Gasteiger partial charge in [0.25, 0.3) is 0 Å². The molecule has 0 amide bonds. The molecule has 0 heterocycles. The lowest BCUT2D eigenvalue weighted by Gasteiger charge is -2.55. The molecule has 0 bridgehead atoms. The summed E-state index contributed by atoms with van der Waals surface area (Å²) in [4.78, 5) is 12.4. The van der Waals surface area contributed by atoms with E-state index in [1.807, 2.05) is 6.08 Å². The minimum Gasteiger partial charge on any atom is -0.389 e. The second-order valence-corrected chi connectivity index (χ2v) is 9.55. The Morgan fingerprint density at radius 2 is 2.12 bits per heavy atom. The summed E-state index contributed by atoms with van der Waals surface area (Å²) in [6.07, 6.45) is 10.9. The topological polar surface area (TPSA) is 37.3 Å². The number of carbonyl (C=O) groups excluding carboxylic acids is 1. The van der Waals surface area contributed by atoms with Crippen LogP contribution in [0.2, 0.25) is 0 Å². The van der Waals surface area contributed by atoms with Crippen LogP contribution in [0.4, 0.5) is 0 Å². The van der Waals surface area contributed by atoms with E-state index in [0.717, 1.165) is 44.9 Å². The predicted octanol–water partition coefficient (Wildman–Crippen LogP) is 5.01. The average Bonchev–Trinajstić information content (AvgIpc) is 2.88. The highest BCUT2D eigenvalue weighted by Crippen LogP contribution is 2.66. The molecule has 3 heteroatoms. The van der Waals surface area contributed by atoms with Crippen molar-refractivity contribution in [1.29, 1.82) is 0 Å². The standard InChI is InChI=1S/C23H29ClO2/c1-4-23(26)11-8-19-17-6-5-16-13-20(25)15(9-12-24)14-21(16,2)18(17)7-10-22(19,23)3/h7,13,15,17,19,26H,4-6,8,10-11,14H2,1-3H3/t15?,17-,19+,21+,22+,23+/m1/s1. The van der Waals surface area contributed by atoms with E-state index in [4.69, 9.17) is 11.6 Å². The number of hydrogen-bond acceptors (Lipinski definition) is 2. The molecule has 2 fully saturated rings. The normalized spacial score (nSPS) is 47.0.